The summed E-state index contributed by atoms with van der Waals surface area (Å²) in [4.78, 5) is 13.8. The number of benzene rings is 1. The van der Waals surface area contributed by atoms with Crippen molar-refractivity contribution in [2.75, 3.05) is 7.05 Å². The molecule has 1 aliphatic heterocycles. The molecule has 1 aromatic heterocycles. The third kappa shape index (κ3) is 1.35. The maximum Gasteiger partial charge on any atom is 0.256 e. The van der Waals surface area contributed by atoms with E-state index < -0.39 is 0 Å². The van der Waals surface area contributed by atoms with Crippen molar-refractivity contribution >= 4 is 5.91 Å². The summed E-state index contributed by atoms with van der Waals surface area (Å²) in [5.74, 6) is 1.62. The zero-order valence-electron chi connectivity index (χ0n) is 9.71. The van der Waals surface area contributed by atoms with Crippen LogP contribution in [0.4, 0.5) is 0 Å². The van der Waals surface area contributed by atoms with Gasteiger partial charge in [0.2, 0.25) is 0 Å². The van der Waals surface area contributed by atoms with E-state index in [9.17, 15) is 4.79 Å². The second-order valence-electron chi connectivity index (χ2n) is 4.18. The number of aromatic nitrogens is 3. The van der Waals surface area contributed by atoms with Crippen molar-refractivity contribution in [3.63, 3.8) is 0 Å². The number of nitrogens with zero attached hydrogens (tertiary/aromatic N) is 4. The molecule has 2 heterocycles. The third-order valence-electron chi connectivity index (χ3n) is 2.99. The minimum atomic E-state index is 0.0190. The van der Waals surface area contributed by atoms with Gasteiger partial charge in [0.15, 0.2) is 5.82 Å². The number of carbonyl (C=O) groups excluding carboxylic acids is 1. The molecule has 0 unspecified atom stereocenters. The summed E-state index contributed by atoms with van der Waals surface area (Å²) in [6.45, 7) is 2.37. The van der Waals surface area contributed by atoms with Gasteiger partial charge in [0.1, 0.15) is 5.82 Å². The second kappa shape index (κ2) is 3.41. The number of para-hydroxylation sites is 1. The highest BCUT2D eigenvalue weighted by Crippen LogP contribution is 2.23. The van der Waals surface area contributed by atoms with Gasteiger partial charge in [-0.05, 0) is 19.1 Å². The minimum Gasteiger partial charge on any atom is -0.334 e. The lowest BCUT2D eigenvalue weighted by atomic mass is 10.1. The van der Waals surface area contributed by atoms with Crippen molar-refractivity contribution in [1.29, 1.82) is 0 Å². The lowest BCUT2D eigenvalue weighted by molar-refractivity contribution is 0.0786. The second-order valence-corrected chi connectivity index (χ2v) is 4.18. The first-order chi connectivity index (χ1) is 8.18. The van der Waals surface area contributed by atoms with Gasteiger partial charge in [0.25, 0.3) is 5.91 Å². The maximum atomic E-state index is 12.2. The van der Waals surface area contributed by atoms with Crippen LogP contribution >= 0.6 is 0 Å². The van der Waals surface area contributed by atoms with Crippen molar-refractivity contribution in [3.8, 4) is 5.69 Å². The smallest absolute Gasteiger partial charge is 0.256 e. The molecule has 0 atom stereocenters. The predicted molar refractivity (Wildman–Crippen MR) is 61.9 cm³/mol. The first-order valence-corrected chi connectivity index (χ1v) is 5.44. The fourth-order valence-electron chi connectivity index (χ4n) is 2.16. The van der Waals surface area contributed by atoms with E-state index in [2.05, 4.69) is 10.2 Å². The van der Waals surface area contributed by atoms with Crippen LogP contribution in [-0.2, 0) is 6.54 Å². The van der Waals surface area contributed by atoms with Gasteiger partial charge >= 0.3 is 0 Å². The standard InChI is InChI=1S/C12H12N4O/c1-8-13-14-11-7-15(2)12(17)9-5-3-4-6-10(9)16(8)11/h3-6H,7H2,1-2H3. The summed E-state index contributed by atoms with van der Waals surface area (Å²) < 4.78 is 1.94. The molecule has 0 aliphatic carbocycles. The molecular formula is C12H12N4O. The van der Waals surface area contributed by atoms with E-state index >= 15 is 0 Å². The summed E-state index contributed by atoms with van der Waals surface area (Å²) in [5, 5.41) is 8.19. The molecule has 0 fully saturated rings. The lowest BCUT2D eigenvalue weighted by Gasteiger charge is -2.12. The molecule has 17 heavy (non-hydrogen) atoms. The largest absolute Gasteiger partial charge is 0.334 e. The topological polar surface area (TPSA) is 51.0 Å². The molecule has 0 spiro atoms. The Bertz CT molecular complexity index is 602. The van der Waals surface area contributed by atoms with Gasteiger partial charge in [0.05, 0.1) is 17.8 Å². The molecule has 2 aromatic rings. The number of hydrogen-bond acceptors (Lipinski definition) is 3. The summed E-state index contributed by atoms with van der Waals surface area (Å²) in [6, 6.07) is 7.55. The number of fused-ring (bicyclic) bond motifs is 3. The molecule has 0 saturated heterocycles. The van der Waals surface area contributed by atoms with Gasteiger partial charge < -0.3 is 4.90 Å². The number of hydrogen-bond donors (Lipinski definition) is 0. The van der Waals surface area contributed by atoms with Crippen molar-refractivity contribution in [1.82, 2.24) is 19.7 Å². The van der Waals surface area contributed by atoms with Crippen molar-refractivity contribution in [2.24, 2.45) is 0 Å². The van der Waals surface area contributed by atoms with E-state index in [4.69, 9.17) is 0 Å². The highest BCUT2D eigenvalue weighted by atomic mass is 16.2. The molecule has 0 N–H and O–H groups in total. The average molecular weight is 228 g/mol. The van der Waals surface area contributed by atoms with Crippen LogP contribution < -0.4 is 0 Å². The van der Waals surface area contributed by atoms with E-state index in [1.807, 2.05) is 35.8 Å². The van der Waals surface area contributed by atoms with Gasteiger partial charge in [0, 0.05) is 7.05 Å². The Morgan fingerprint density at radius 3 is 2.82 bits per heavy atom. The fourth-order valence-corrected chi connectivity index (χ4v) is 2.16. The van der Waals surface area contributed by atoms with Crippen molar-refractivity contribution in [3.05, 3.63) is 41.5 Å². The Labute approximate surface area is 98.7 Å². The van der Waals surface area contributed by atoms with Crippen molar-refractivity contribution in [2.45, 2.75) is 13.5 Å². The number of aryl methyl sites for hydroxylation is 1. The van der Waals surface area contributed by atoms with Gasteiger partial charge in [-0.3, -0.25) is 9.36 Å². The SMILES string of the molecule is Cc1nnc2n1-c1ccccc1C(=O)N(C)C2. The molecule has 86 valence electrons. The van der Waals surface area contributed by atoms with Crippen LogP contribution in [0.15, 0.2) is 24.3 Å². The Morgan fingerprint density at radius 1 is 1.24 bits per heavy atom. The van der Waals surface area contributed by atoms with E-state index in [1.165, 1.54) is 0 Å². The summed E-state index contributed by atoms with van der Waals surface area (Å²) in [5.41, 5.74) is 1.55. The van der Waals surface area contributed by atoms with Gasteiger partial charge in [-0.2, -0.15) is 0 Å². The average Bonchev–Trinajstić information content (AvgIpc) is 2.64. The normalized spacial score (nSPS) is 14.2. The van der Waals surface area contributed by atoms with Crippen LogP contribution in [0.5, 0.6) is 0 Å². The number of carbonyl (C=O) groups is 1. The van der Waals surface area contributed by atoms with E-state index in [0.29, 0.717) is 12.1 Å². The maximum absolute atomic E-state index is 12.2. The Balaban J connectivity index is 2.35. The van der Waals surface area contributed by atoms with E-state index in [1.54, 1.807) is 11.9 Å². The molecule has 3 rings (SSSR count). The van der Waals surface area contributed by atoms with Gasteiger partial charge in [-0.25, -0.2) is 0 Å². The first-order valence-electron chi connectivity index (χ1n) is 5.44. The van der Waals surface area contributed by atoms with Crippen LogP contribution in [0.3, 0.4) is 0 Å². The molecule has 5 heteroatoms. The molecule has 1 amide bonds. The van der Waals surface area contributed by atoms with Crippen LogP contribution in [0.1, 0.15) is 22.0 Å². The number of rotatable bonds is 0. The molecule has 0 saturated carbocycles. The first kappa shape index (κ1) is 10.0. The van der Waals surface area contributed by atoms with Gasteiger partial charge in [-0.15, -0.1) is 10.2 Å². The number of amides is 1. The Morgan fingerprint density at radius 2 is 2.00 bits per heavy atom. The molecule has 1 aromatic carbocycles. The molecular weight excluding hydrogens is 216 g/mol. The summed E-state index contributed by atoms with van der Waals surface area (Å²) in [6.07, 6.45) is 0. The summed E-state index contributed by atoms with van der Waals surface area (Å²) >= 11 is 0. The zero-order valence-corrected chi connectivity index (χ0v) is 9.71. The molecule has 0 radical (unpaired) electrons. The monoisotopic (exact) mass is 228 g/mol. The molecule has 5 nitrogen and oxygen atoms in total. The zero-order chi connectivity index (χ0) is 12.0. The van der Waals surface area contributed by atoms with Crippen LogP contribution in [-0.4, -0.2) is 32.6 Å². The highest BCUT2D eigenvalue weighted by Gasteiger charge is 2.25. The third-order valence-corrected chi connectivity index (χ3v) is 2.99. The Kier molecular flexibility index (Phi) is 2.01. The van der Waals surface area contributed by atoms with E-state index in [0.717, 1.165) is 17.3 Å². The quantitative estimate of drug-likeness (QED) is 0.680. The molecule has 1 aliphatic rings. The van der Waals surface area contributed by atoms with Gasteiger partial charge in [-0.1, -0.05) is 12.1 Å². The fraction of sp³-hybridized carbons (Fsp3) is 0.250. The highest BCUT2D eigenvalue weighted by molar-refractivity contribution is 5.98. The molecule has 0 bridgehead atoms. The summed E-state index contributed by atoms with van der Waals surface area (Å²) in [7, 11) is 1.78. The van der Waals surface area contributed by atoms with Crippen LogP contribution in [0.2, 0.25) is 0 Å². The minimum absolute atomic E-state index is 0.0190. The van der Waals surface area contributed by atoms with E-state index in [-0.39, 0.29) is 5.91 Å². The van der Waals surface area contributed by atoms with Crippen molar-refractivity contribution < 1.29 is 4.79 Å². The van der Waals surface area contributed by atoms with Crippen LogP contribution in [0.25, 0.3) is 5.69 Å². The predicted octanol–water partition coefficient (Wildman–Crippen LogP) is 1.16. The lowest BCUT2D eigenvalue weighted by Crippen LogP contribution is -2.25. The van der Waals surface area contributed by atoms with Crippen LogP contribution in [0, 0.1) is 6.92 Å². The Hall–Kier alpha value is -2.17.